The largest absolute Gasteiger partial charge is 0.451 e. The number of nitrogens with zero attached hydrogens (tertiary/aromatic N) is 4. The fraction of sp³-hybridized carbons (Fsp3) is 0.294. The van der Waals surface area contributed by atoms with Crippen molar-refractivity contribution < 1.29 is 31.1 Å². The molecule has 0 fully saturated rings. The second-order valence-electron chi connectivity index (χ2n) is 5.82. The predicted molar refractivity (Wildman–Crippen MR) is 91.1 cm³/mol. The minimum absolute atomic E-state index is 0.0867. The molecule has 0 radical (unpaired) electrons. The molecule has 0 aliphatic rings. The molecule has 1 aromatic carbocycles. The zero-order valence-corrected chi connectivity index (χ0v) is 15.1. The highest BCUT2D eigenvalue weighted by molar-refractivity contribution is 6.30. The molecule has 0 amide bonds. The van der Waals surface area contributed by atoms with E-state index in [0.29, 0.717) is 0 Å². The number of hydrogen-bond acceptors (Lipinski definition) is 5. The molecule has 0 spiro atoms. The van der Waals surface area contributed by atoms with Gasteiger partial charge in [-0.2, -0.15) is 13.2 Å². The van der Waals surface area contributed by atoms with Gasteiger partial charge in [0.2, 0.25) is 5.82 Å². The van der Waals surface area contributed by atoms with Crippen molar-refractivity contribution in [1.29, 1.82) is 0 Å². The van der Waals surface area contributed by atoms with Gasteiger partial charge in [-0.3, -0.25) is 0 Å². The van der Waals surface area contributed by atoms with Crippen LogP contribution in [0.5, 0.6) is 11.8 Å². The Hall–Kier alpha value is -2.69. The first-order valence-corrected chi connectivity index (χ1v) is 8.43. The summed E-state index contributed by atoms with van der Waals surface area (Å²) in [6, 6.07) is 3.71. The van der Waals surface area contributed by atoms with Crippen molar-refractivity contribution in [1.82, 2.24) is 19.9 Å². The Morgan fingerprint density at radius 3 is 2.34 bits per heavy atom. The molecular formula is C17H11ClF6N4O. The second-order valence-corrected chi connectivity index (χ2v) is 6.25. The first-order chi connectivity index (χ1) is 13.7. The highest BCUT2D eigenvalue weighted by Gasteiger charge is 2.36. The molecule has 3 aromatic rings. The van der Waals surface area contributed by atoms with Crippen LogP contribution in [-0.4, -0.2) is 39.0 Å². The maximum Gasteiger partial charge on any atom is 0.451 e. The van der Waals surface area contributed by atoms with E-state index in [2.05, 4.69) is 19.9 Å². The normalized spacial score (nSPS) is 14.0. The molecule has 0 N–H and O–H groups in total. The Kier molecular flexibility index (Phi) is 6.06. The number of hydrogen-bond donors (Lipinski definition) is 0. The summed E-state index contributed by atoms with van der Waals surface area (Å²) < 4.78 is 84.6. The molecule has 2 aromatic heterocycles. The quantitative estimate of drug-likeness (QED) is 0.505. The van der Waals surface area contributed by atoms with Crippen LogP contribution >= 0.6 is 11.6 Å². The van der Waals surface area contributed by atoms with E-state index in [4.69, 9.17) is 16.3 Å². The van der Waals surface area contributed by atoms with Crippen LogP contribution in [0.3, 0.4) is 0 Å². The molecule has 12 heteroatoms. The van der Waals surface area contributed by atoms with Gasteiger partial charge in [0.25, 0.3) is 0 Å². The zero-order chi connectivity index (χ0) is 21.2. The van der Waals surface area contributed by atoms with Crippen molar-refractivity contribution in [2.45, 2.75) is 24.9 Å². The molecule has 2 atom stereocenters. The van der Waals surface area contributed by atoms with E-state index in [1.165, 1.54) is 30.6 Å². The number of halogens is 7. The van der Waals surface area contributed by atoms with E-state index in [9.17, 15) is 26.3 Å². The SMILES string of the molecule is FCC(F)C(F)Cc1nc(C(F)(F)F)nc2cccc(Oc3ncc(Cl)cn3)c12. The van der Waals surface area contributed by atoms with E-state index in [0.717, 1.165) is 0 Å². The summed E-state index contributed by atoms with van der Waals surface area (Å²) in [6.07, 6.45) is -8.34. The van der Waals surface area contributed by atoms with Crippen molar-refractivity contribution in [2.75, 3.05) is 6.67 Å². The van der Waals surface area contributed by atoms with Gasteiger partial charge >= 0.3 is 12.2 Å². The van der Waals surface area contributed by atoms with Gasteiger partial charge in [0.1, 0.15) is 18.6 Å². The molecule has 0 saturated heterocycles. The molecule has 2 unspecified atom stereocenters. The summed E-state index contributed by atoms with van der Waals surface area (Å²) in [6.45, 7) is -1.63. The lowest BCUT2D eigenvalue weighted by Gasteiger charge is -2.16. The van der Waals surface area contributed by atoms with Crippen LogP contribution in [0, 0.1) is 0 Å². The van der Waals surface area contributed by atoms with Crippen LogP contribution in [-0.2, 0) is 12.6 Å². The molecular weight excluding hydrogens is 426 g/mol. The first-order valence-electron chi connectivity index (χ1n) is 8.05. The third-order valence-electron chi connectivity index (χ3n) is 3.74. The lowest BCUT2D eigenvalue weighted by molar-refractivity contribution is -0.144. The molecule has 29 heavy (non-hydrogen) atoms. The number of ether oxygens (including phenoxy) is 1. The Morgan fingerprint density at radius 2 is 1.72 bits per heavy atom. The summed E-state index contributed by atoms with van der Waals surface area (Å²) in [5.74, 6) is -1.63. The number of rotatable bonds is 6. The monoisotopic (exact) mass is 436 g/mol. The Labute approximate surface area is 164 Å². The van der Waals surface area contributed by atoms with E-state index >= 15 is 0 Å². The van der Waals surface area contributed by atoms with Crippen molar-refractivity contribution in [3.05, 3.63) is 47.1 Å². The smallest absolute Gasteiger partial charge is 0.424 e. The molecule has 0 bridgehead atoms. The Bertz CT molecular complexity index is 1000. The maximum absolute atomic E-state index is 14.0. The minimum atomic E-state index is -4.93. The highest BCUT2D eigenvalue weighted by atomic mass is 35.5. The van der Waals surface area contributed by atoms with Crippen LogP contribution in [0.25, 0.3) is 10.9 Å². The van der Waals surface area contributed by atoms with Gasteiger partial charge in [-0.25, -0.2) is 33.1 Å². The van der Waals surface area contributed by atoms with E-state index < -0.39 is 43.1 Å². The summed E-state index contributed by atoms with van der Waals surface area (Å²) in [4.78, 5) is 14.4. The molecule has 2 heterocycles. The zero-order valence-electron chi connectivity index (χ0n) is 14.3. The van der Waals surface area contributed by atoms with Crippen LogP contribution in [0.4, 0.5) is 26.3 Å². The third kappa shape index (κ3) is 4.84. The summed E-state index contributed by atoms with van der Waals surface area (Å²) >= 11 is 5.68. The topological polar surface area (TPSA) is 60.8 Å². The van der Waals surface area contributed by atoms with Gasteiger partial charge in [0, 0.05) is 6.42 Å². The van der Waals surface area contributed by atoms with Crippen LogP contribution < -0.4 is 4.74 Å². The van der Waals surface area contributed by atoms with Gasteiger partial charge in [-0.05, 0) is 12.1 Å². The third-order valence-corrected chi connectivity index (χ3v) is 3.93. The van der Waals surface area contributed by atoms with E-state index in [1.807, 2.05) is 0 Å². The minimum Gasteiger partial charge on any atom is -0.424 e. The Balaban J connectivity index is 2.13. The number of benzene rings is 1. The summed E-state index contributed by atoms with van der Waals surface area (Å²) in [5, 5.41) is 0.113. The fourth-order valence-corrected chi connectivity index (χ4v) is 2.54. The fourth-order valence-electron chi connectivity index (χ4n) is 2.45. The lowest BCUT2D eigenvalue weighted by atomic mass is 10.1. The van der Waals surface area contributed by atoms with Gasteiger partial charge in [-0.15, -0.1) is 0 Å². The maximum atomic E-state index is 14.0. The number of alkyl halides is 6. The summed E-state index contributed by atoms with van der Waals surface area (Å²) in [5.41, 5.74) is -0.716. The van der Waals surface area contributed by atoms with Crippen LogP contribution in [0.1, 0.15) is 11.5 Å². The van der Waals surface area contributed by atoms with Gasteiger partial charge in [0.15, 0.2) is 6.17 Å². The molecule has 5 nitrogen and oxygen atoms in total. The van der Waals surface area contributed by atoms with Crippen molar-refractivity contribution in [3.63, 3.8) is 0 Å². The van der Waals surface area contributed by atoms with E-state index in [1.54, 1.807) is 0 Å². The molecule has 0 aliphatic carbocycles. The average molecular weight is 437 g/mol. The van der Waals surface area contributed by atoms with Crippen LogP contribution in [0.15, 0.2) is 30.6 Å². The molecule has 0 aliphatic heterocycles. The van der Waals surface area contributed by atoms with Crippen molar-refractivity contribution in [2.24, 2.45) is 0 Å². The number of aromatic nitrogens is 4. The number of fused-ring (bicyclic) bond motifs is 1. The van der Waals surface area contributed by atoms with Gasteiger partial charge < -0.3 is 4.74 Å². The Morgan fingerprint density at radius 1 is 1.03 bits per heavy atom. The van der Waals surface area contributed by atoms with E-state index in [-0.39, 0.29) is 27.7 Å². The molecule has 3 rings (SSSR count). The van der Waals surface area contributed by atoms with Gasteiger partial charge in [-0.1, -0.05) is 17.7 Å². The molecule has 0 saturated carbocycles. The highest BCUT2D eigenvalue weighted by Crippen LogP contribution is 2.34. The standard InChI is InChI=1S/C17H11ClF6N4O/c18-8-6-25-16(26-7-8)29-13-3-1-2-11-14(13)12(4-9(20)10(21)5-19)28-15(27-11)17(22,23)24/h1-3,6-7,9-10H,4-5H2. The summed E-state index contributed by atoms with van der Waals surface area (Å²) in [7, 11) is 0. The van der Waals surface area contributed by atoms with Gasteiger partial charge in [0.05, 0.1) is 34.0 Å². The first kappa shape index (κ1) is 21.0. The average Bonchev–Trinajstić information content (AvgIpc) is 2.68. The van der Waals surface area contributed by atoms with Crippen molar-refractivity contribution >= 4 is 22.5 Å². The predicted octanol–water partition coefficient (Wildman–Crippen LogP) is 5.07. The second kappa shape index (κ2) is 8.36. The lowest BCUT2D eigenvalue weighted by Crippen LogP contribution is -2.23. The molecule has 154 valence electrons. The van der Waals surface area contributed by atoms with Crippen LogP contribution in [0.2, 0.25) is 5.02 Å². The van der Waals surface area contributed by atoms with Crippen molar-refractivity contribution in [3.8, 4) is 11.8 Å².